The number of halogens is 3. The Labute approximate surface area is 177 Å². The number of nitrogens with one attached hydrogen (secondary N) is 2. The van der Waals surface area contributed by atoms with Crippen molar-refractivity contribution in [3.05, 3.63) is 64.2 Å². The van der Waals surface area contributed by atoms with Gasteiger partial charge in [-0.1, -0.05) is 17.7 Å². The lowest BCUT2D eigenvalue weighted by molar-refractivity contribution is -0.152. The van der Waals surface area contributed by atoms with E-state index in [2.05, 4.69) is 10.6 Å². The Morgan fingerprint density at radius 1 is 1.00 bits per heavy atom. The molecule has 166 valence electrons. The van der Waals surface area contributed by atoms with E-state index in [-0.39, 0.29) is 5.56 Å². The minimum atomic E-state index is -4.51. The highest BCUT2D eigenvalue weighted by Gasteiger charge is 2.30. The zero-order valence-corrected chi connectivity index (χ0v) is 17.5. The third kappa shape index (κ3) is 6.56. The number of amides is 2. The van der Waals surface area contributed by atoms with Gasteiger partial charge in [0.2, 0.25) is 0 Å². The Hall–Kier alpha value is -3.36. The van der Waals surface area contributed by atoms with Crippen molar-refractivity contribution in [1.82, 2.24) is 5.32 Å². The molecule has 2 aromatic carbocycles. The van der Waals surface area contributed by atoms with Crippen LogP contribution in [0, 0.1) is 20.8 Å². The molecule has 1 atom stereocenters. The molecule has 2 N–H and O–H groups in total. The van der Waals surface area contributed by atoms with Crippen molar-refractivity contribution in [2.75, 3.05) is 11.9 Å². The summed E-state index contributed by atoms with van der Waals surface area (Å²) in [6.45, 7) is 6.49. The molecule has 2 rings (SSSR count). The van der Waals surface area contributed by atoms with E-state index in [1.165, 1.54) is 6.92 Å². The average Bonchev–Trinajstić information content (AvgIpc) is 2.68. The van der Waals surface area contributed by atoms with Crippen molar-refractivity contribution in [3.8, 4) is 0 Å². The molecule has 0 heterocycles. The van der Waals surface area contributed by atoms with Crippen LogP contribution in [0.2, 0.25) is 0 Å². The summed E-state index contributed by atoms with van der Waals surface area (Å²) in [7, 11) is 0. The minimum Gasteiger partial charge on any atom is -0.451 e. The van der Waals surface area contributed by atoms with Crippen LogP contribution in [0.5, 0.6) is 0 Å². The van der Waals surface area contributed by atoms with E-state index in [4.69, 9.17) is 4.74 Å². The van der Waals surface area contributed by atoms with Gasteiger partial charge in [-0.25, -0.2) is 0 Å². The molecule has 31 heavy (non-hydrogen) atoms. The van der Waals surface area contributed by atoms with Crippen LogP contribution in [0.4, 0.5) is 18.9 Å². The molecule has 0 aromatic heterocycles. The largest absolute Gasteiger partial charge is 0.451 e. The van der Waals surface area contributed by atoms with E-state index in [0.29, 0.717) is 5.69 Å². The second-order valence-corrected chi connectivity index (χ2v) is 7.15. The molecule has 0 radical (unpaired) electrons. The van der Waals surface area contributed by atoms with Crippen LogP contribution in [0.15, 0.2) is 36.4 Å². The zero-order valence-electron chi connectivity index (χ0n) is 17.5. The van der Waals surface area contributed by atoms with Crippen molar-refractivity contribution >= 4 is 23.5 Å². The number of ether oxygens (including phenoxy) is 1. The number of alkyl halides is 3. The van der Waals surface area contributed by atoms with E-state index in [1.807, 2.05) is 32.9 Å². The van der Waals surface area contributed by atoms with Gasteiger partial charge in [-0.3, -0.25) is 14.4 Å². The van der Waals surface area contributed by atoms with E-state index in [0.717, 1.165) is 41.0 Å². The van der Waals surface area contributed by atoms with Gasteiger partial charge in [0.15, 0.2) is 6.10 Å². The lowest BCUT2D eigenvalue weighted by atomic mass is 10.0. The summed E-state index contributed by atoms with van der Waals surface area (Å²) in [6.07, 6.45) is -5.62. The molecule has 1 unspecified atom stereocenters. The van der Waals surface area contributed by atoms with Crippen molar-refractivity contribution in [3.63, 3.8) is 0 Å². The first-order chi connectivity index (χ1) is 14.4. The molecule has 0 aliphatic rings. The maximum Gasteiger partial charge on any atom is 0.416 e. The molecule has 6 nitrogen and oxygen atoms in total. The number of hydrogen-bond acceptors (Lipinski definition) is 4. The Balaban J connectivity index is 1.88. The molecule has 0 saturated heterocycles. The summed E-state index contributed by atoms with van der Waals surface area (Å²) in [5, 5.41) is 4.97. The second-order valence-electron chi connectivity index (χ2n) is 7.15. The van der Waals surface area contributed by atoms with E-state index in [1.54, 1.807) is 0 Å². The van der Waals surface area contributed by atoms with Gasteiger partial charge >= 0.3 is 12.1 Å². The Morgan fingerprint density at radius 3 is 2.06 bits per heavy atom. The van der Waals surface area contributed by atoms with Crippen LogP contribution in [-0.4, -0.2) is 30.4 Å². The fraction of sp³-hybridized carbons (Fsp3) is 0.318. The Bertz CT molecular complexity index is 962. The van der Waals surface area contributed by atoms with Gasteiger partial charge in [0.1, 0.15) is 6.54 Å². The SMILES string of the molecule is Cc1cc(C)c(NC(=O)C(C)OC(=O)CNC(=O)c2ccc(C(F)(F)F)cc2)c(C)c1. The lowest BCUT2D eigenvalue weighted by Gasteiger charge is -2.17. The van der Waals surface area contributed by atoms with Crippen molar-refractivity contribution in [2.24, 2.45) is 0 Å². The Morgan fingerprint density at radius 2 is 1.55 bits per heavy atom. The van der Waals surface area contributed by atoms with Gasteiger partial charge < -0.3 is 15.4 Å². The number of anilines is 1. The fourth-order valence-electron chi connectivity index (χ4n) is 2.96. The van der Waals surface area contributed by atoms with Crippen LogP contribution in [0.3, 0.4) is 0 Å². The van der Waals surface area contributed by atoms with Crippen molar-refractivity contribution in [2.45, 2.75) is 40.0 Å². The summed E-state index contributed by atoms with van der Waals surface area (Å²) in [5.74, 6) is -2.13. The molecule has 0 saturated carbocycles. The molecule has 0 fully saturated rings. The molecule has 9 heteroatoms. The number of aryl methyl sites for hydroxylation is 3. The first-order valence-corrected chi connectivity index (χ1v) is 9.42. The van der Waals surface area contributed by atoms with Crippen LogP contribution in [0.25, 0.3) is 0 Å². The molecule has 2 aromatic rings. The number of esters is 1. The molecular weight excluding hydrogens is 413 g/mol. The summed E-state index contributed by atoms with van der Waals surface area (Å²) in [6, 6.07) is 7.38. The van der Waals surface area contributed by atoms with Crippen molar-refractivity contribution < 1.29 is 32.3 Å². The second kappa shape index (κ2) is 9.63. The molecule has 0 spiro atoms. The number of benzene rings is 2. The van der Waals surface area contributed by atoms with E-state index < -0.39 is 42.2 Å². The van der Waals surface area contributed by atoms with Gasteiger partial charge in [-0.2, -0.15) is 13.2 Å². The predicted molar refractivity (Wildman–Crippen MR) is 109 cm³/mol. The quantitative estimate of drug-likeness (QED) is 0.672. The number of carbonyl (C=O) groups is 3. The van der Waals surface area contributed by atoms with Crippen LogP contribution >= 0.6 is 0 Å². The topological polar surface area (TPSA) is 84.5 Å². The standard InChI is InChI=1S/C22H23F3N2O4/c1-12-9-13(2)19(14(3)10-12)27-20(29)15(4)31-18(28)11-26-21(30)16-5-7-17(8-6-16)22(23,24)25/h5-10,15H,11H2,1-4H3,(H,26,30)(H,27,29). The monoisotopic (exact) mass is 436 g/mol. The summed E-state index contributed by atoms with van der Waals surface area (Å²) in [5.41, 5.74) is 2.49. The predicted octanol–water partition coefficient (Wildman–Crippen LogP) is 3.93. The molecular formula is C22H23F3N2O4. The van der Waals surface area contributed by atoms with Gasteiger partial charge in [-0.15, -0.1) is 0 Å². The van der Waals surface area contributed by atoms with Gasteiger partial charge in [0, 0.05) is 11.3 Å². The summed E-state index contributed by atoms with van der Waals surface area (Å²) in [4.78, 5) is 36.3. The van der Waals surface area contributed by atoms with Crippen LogP contribution < -0.4 is 10.6 Å². The molecule has 0 bridgehead atoms. The van der Waals surface area contributed by atoms with Gasteiger partial charge in [-0.05, 0) is 63.1 Å². The zero-order chi connectivity index (χ0) is 23.3. The maximum atomic E-state index is 12.6. The van der Waals surface area contributed by atoms with Crippen molar-refractivity contribution in [1.29, 1.82) is 0 Å². The third-order valence-electron chi connectivity index (χ3n) is 4.47. The summed E-state index contributed by atoms with van der Waals surface area (Å²) < 4.78 is 42.7. The van der Waals surface area contributed by atoms with Gasteiger partial charge in [0.25, 0.3) is 11.8 Å². The smallest absolute Gasteiger partial charge is 0.416 e. The van der Waals surface area contributed by atoms with Gasteiger partial charge in [0.05, 0.1) is 5.56 Å². The number of carbonyl (C=O) groups excluding carboxylic acids is 3. The first-order valence-electron chi connectivity index (χ1n) is 9.42. The molecule has 0 aliphatic carbocycles. The number of rotatable bonds is 6. The summed E-state index contributed by atoms with van der Waals surface area (Å²) >= 11 is 0. The maximum absolute atomic E-state index is 12.6. The third-order valence-corrected chi connectivity index (χ3v) is 4.47. The number of hydrogen-bond donors (Lipinski definition) is 2. The average molecular weight is 436 g/mol. The highest BCUT2D eigenvalue weighted by Crippen LogP contribution is 2.29. The van der Waals surface area contributed by atoms with Crippen LogP contribution in [-0.2, 0) is 20.5 Å². The van der Waals surface area contributed by atoms with E-state index in [9.17, 15) is 27.6 Å². The first kappa shape index (κ1) is 23.9. The highest BCUT2D eigenvalue weighted by atomic mass is 19.4. The molecule has 2 amide bonds. The van der Waals surface area contributed by atoms with E-state index >= 15 is 0 Å². The highest BCUT2D eigenvalue weighted by molar-refractivity contribution is 5.98. The van der Waals surface area contributed by atoms with Crippen LogP contribution in [0.1, 0.15) is 39.5 Å². The minimum absolute atomic E-state index is 0.0445. The Kier molecular flexibility index (Phi) is 7.43. The normalized spacial score (nSPS) is 12.1. The lowest BCUT2D eigenvalue weighted by Crippen LogP contribution is -2.36. The molecule has 0 aliphatic heterocycles. The fourth-order valence-corrected chi connectivity index (χ4v) is 2.96.